The summed E-state index contributed by atoms with van der Waals surface area (Å²) in [6.45, 7) is 10.8. The fourth-order valence-electron chi connectivity index (χ4n) is 5.16. The first kappa shape index (κ1) is 33.2. The first-order chi connectivity index (χ1) is 23.5. The number of amides is 1. The number of carbonyl (C=O) groups excluding carboxylic acids is 1. The average molecular weight is 687 g/mol. The van der Waals surface area contributed by atoms with Crippen molar-refractivity contribution in [1.29, 1.82) is 0 Å². The number of nitrogens with zero attached hydrogens (tertiary/aromatic N) is 10. The number of nitro benzene ring substituents is 2. The maximum atomic E-state index is 11.6. The number of nitrogen functional groups attached to an aromatic ring is 1. The van der Waals surface area contributed by atoms with E-state index in [1.165, 1.54) is 35.0 Å². The van der Waals surface area contributed by atoms with Gasteiger partial charge in [0, 0.05) is 30.0 Å². The van der Waals surface area contributed by atoms with Gasteiger partial charge in [0.05, 0.1) is 15.5 Å². The lowest BCUT2D eigenvalue weighted by molar-refractivity contribution is -0.385. The van der Waals surface area contributed by atoms with Crippen LogP contribution in [0.15, 0.2) is 54.6 Å². The number of rotatable bonds is 2. The number of ether oxygens (including phenoxy) is 3. The molecule has 5 heterocycles. The van der Waals surface area contributed by atoms with Crippen LogP contribution in [-0.2, 0) is 16.0 Å². The molecule has 50 heavy (non-hydrogen) atoms. The van der Waals surface area contributed by atoms with Crippen LogP contribution in [0.4, 0.5) is 22.7 Å². The summed E-state index contributed by atoms with van der Waals surface area (Å²) in [5.74, 6) is 2.56. The summed E-state index contributed by atoms with van der Waals surface area (Å²) in [7, 11) is 0. The maximum absolute atomic E-state index is 11.6. The van der Waals surface area contributed by atoms with E-state index in [1.54, 1.807) is 36.7 Å². The Morgan fingerprint density at radius 3 is 1.68 bits per heavy atom. The molecule has 0 radical (unpaired) electrons. The molecule has 258 valence electrons. The van der Waals surface area contributed by atoms with Crippen molar-refractivity contribution in [1.82, 2.24) is 40.4 Å². The predicted octanol–water partition coefficient (Wildman–Crippen LogP) is 3.77. The molecule has 3 aromatic carbocycles. The first-order valence-electron chi connectivity index (χ1n) is 14.9. The minimum Gasteiger partial charge on any atom is -0.478 e. The molecule has 5 aromatic rings. The van der Waals surface area contributed by atoms with Crippen molar-refractivity contribution in [2.24, 2.45) is 0 Å². The number of non-ortho nitro benzene ring substituents is 2. The fraction of sp³-hybridized carbons (Fsp3) is 0.300. The van der Waals surface area contributed by atoms with Gasteiger partial charge < -0.3 is 25.3 Å². The van der Waals surface area contributed by atoms with E-state index in [0.717, 1.165) is 11.4 Å². The van der Waals surface area contributed by atoms with Crippen LogP contribution in [0.5, 0.6) is 17.2 Å². The van der Waals surface area contributed by atoms with E-state index >= 15 is 0 Å². The van der Waals surface area contributed by atoms with Crippen molar-refractivity contribution < 1.29 is 28.9 Å². The van der Waals surface area contributed by atoms with E-state index in [4.69, 9.17) is 19.9 Å². The zero-order valence-electron chi connectivity index (χ0n) is 27.5. The summed E-state index contributed by atoms with van der Waals surface area (Å²) in [6, 6.07) is 13.9. The van der Waals surface area contributed by atoms with Gasteiger partial charge in [-0.15, -0.1) is 10.2 Å². The zero-order valence-corrected chi connectivity index (χ0v) is 27.5. The van der Waals surface area contributed by atoms with Crippen LogP contribution in [0.1, 0.15) is 53.2 Å². The van der Waals surface area contributed by atoms with Gasteiger partial charge in [-0.05, 0) is 92.7 Å². The van der Waals surface area contributed by atoms with Crippen molar-refractivity contribution in [3.8, 4) is 28.6 Å². The third kappa shape index (κ3) is 6.04. The van der Waals surface area contributed by atoms with Crippen molar-refractivity contribution in [2.45, 2.75) is 58.3 Å². The van der Waals surface area contributed by atoms with Crippen LogP contribution in [0, 0.1) is 20.2 Å². The van der Waals surface area contributed by atoms with Crippen LogP contribution in [0.3, 0.4) is 0 Å². The summed E-state index contributed by atoms with van der Waals surface area (Å²) in [4.78, 5) is 31.9. The monoisotopic (exact) mass is 686 g/mol. The molecule has 3 aliphatic heterocycles. The number of benzene rings is 3. The number of hydrogen-bond donors (Lipinski definition) is 2. The van der Waals surface area contributed by atoms with Crippen molar-refractivity contribution in [2.75, 3.05) is 11.1 Å². The SMILES string of the molecule is CC1(C)Oc2ccc(N)cc2-n2nnnc21.CC1(C)Oc2ccc([N+](=O)[O-])cc2-n2nnnc21.CC1(C)Oc2ccc([N+](=O)[O-])cc2NC1=O. The molecule has 0 spiro atoms. The Morgan fingerprint density at radius 2 is 1.14 bits per heavy atom. The lowest BCUT2D eigenvalue weighted by Gasteiger charge is -2.31. The second-order valence-electron chi connectivity index (χ2n) is 12.7. The highest BCUT2D eigenvalue weighted by Crippen LogP contribution is 2.40. The molecule has 1 amide bonds. The quantitative estimate of drug-likeness (QED) is 0.152. The molecule has 0 aliphatic carbocycles. The highest BCUT2D eigenvalue weighted by molar-refractivity contribution is 6.00. The molecule has 8 rings (SSSR count). The van der Waals surface area contributed by atoms with E-state index in [1.807, 2.05) is 33.8 Å². The standard InChI is InChI=1S/C10H9N5O3.C10H11N5O.C10H10N2O4/c1-10(2)9-11-12-13-14(9)7-5-6(15(16)17)3-4-8(7)18-10;1-10(2)9-12-13-14-15(9)7-5-6(11)3-4-8(7)16-10;1-10(2)9(13)11-7-5-6(12(14)15)3-4-8(7)16-10/h3-5H,1-2H3;3-5H,11H2,1-2H3;3-5H,1-2H3,(H,11,13). The molecule has 0 fully saturated rings. The smallest absolute Gasteiger partial charge is 0.271 e. The lowest BCUT2D eigenvalue weighted by atomic mass is 10.1. The van der Waals surface area contributed by atoms with E-state index in [-0.39, 0.29) is 17.3 Å². The molecule has 20 heteroatoms. The summed E-state index contributed by atoms with van der Waals surface area (Å²) in [5.41, 5.74) is 5.70. The van der Waals surface area contributed by atoms with Crippen LogP contribution >= 0.6 is 0 Å². The Balaban J connectivity index is 0.000000130. The van der Waals surface area contributed by atoms with Crippen molar-refractivity contribution >= 4 is 28.7 Å². The molecule has 0 bridgehead atoms. The second-order valence-corrected chi connectivity index (χ2v) is 12.7. The number of nitrogens with one attached hydrogen (secondary N) is 1. The van der Waals surface area contributed by atoms with Gasteiger partial charge >= 0.3 is 0 Å². The molecule has 2 aromatic heterocycles. The Morgan fingerprint density at radius 1 is 0.680 bits per heavy atom. The Labute approximate surface area is 282 Å². The van der Waals surface area contributed by atoms with E-state index in [0.29, 0.717) is 40.2 Å². The minimum atomic E-state index is -0.955. The maximum Gasteiger partial charge on any atom is 0.271 e. The van der Waals surface area contributed by atoms with Crippen molar-refractivity contribution in [3.63, 3.8) is 0 Å². The van der Waals surface area contributed by atoms with Crippen LogP contribution in [0.2, 0.25) is 0 Å². The molecule has 0 saturated heterocycles. The van der Waals surface area contributed by atoms with E-state index < -0.39 is 26.6 Å². The molecule has 3 aliphatic rings. The van der Waals surface area contributed by atoms with Gasteiger partial charge in [0.2, 0.25) is 0 Å². The molecule has 20 nitrogen and oxygen atoms in total. The summed E-state index contributed by atoms with van der Waals surface area (Å²) in [6.07, 6.45) is 0. The number of nitro groups is 2. The lowest BCUT2D eigenvalue weighted by Crippen LogP contribution is -2.45. The third-order valence-electron chi connectivity index (χ3n) is 7.67. The number of fused-ring (bicyclic) bond motifs is 7. The summed E-state index contributed by atoms with van der Waals surface area (Å²) >= 11 is 0. The van der Waals surface area contributed by atoms with Gasteiger partial charge in [0.1, 0.15) is 28.6 Å². The fourth-order valence-corrected chi connectivity index (χ4v) is 5.16. The van der Waals surface area contributed by atoms with Gasteiger partial charge in [-0.25, -0.2) is 0 Å². The molecule has 0 unspecified atom stereocenters. The van der Waals surface area contributed by atoms with Crippen molar-refractivity contribution in [3.05, 3.63) is 86.5 Å². The third-order valence-corrected chi connectivity index (χ3v) is 7.67. The van der Waals surface area contributed by atoms with Gasteiger partial charge in [0.15, 0.2) is 28.5 Å². The van der Waals surface area contributed by atoms with Crippen LogP contribution < -0.4 is 25.3 Å². The number of anilines is 2. The number of nitrogens with two attached hydrogens (primary N) is 1. The van der Waals surface area contributed by atoms with Gasteiger partial charge in [-0.1, -0.05) is 0 Å². The molecular formula is C30H30N12O8. The second kappa shape index (κ2) is 11.8. The minimum absolute atomic E-state index is 0.0292. The normalized spacial score (nSPS) is 16.2. The largest absolute Gasteiger partial charge is 0.478 e. The molecular weight excluding hydrogens is 656 g/mol. The van der Waals surface area contributed by atoms with Gasteiger partial charge in [0.25, 0.3) is 17.3 Å². The number of hydrogen-bond acceptors (Lipinski definition) is 15. The van der Waals surface area contributed by atoms with E-state index in [2.05, 4.69) is 36.4 Å². The summed E-state index contributed by atoms with van der Waals surface area (Å²) in [5, 5.41) is 46.8. The average Bonchev–Trinajstić information content (AvgIpc) is 3.74. The summed E-state index contributed by atoms with van der Waals surface area (Å²) < 4.78 is 20.2. The highest BCUT2D eigenvalue weighted by atomic mass is 16.6. The highest BCUT2D eigenvalue weighted by Gasteiger charge is 2.38. The van der Waals surface area contributed by atoms with Crippen LogP contribution in [-0.4, -0.2) is 61.8 Å². The van der Waals surface area contributed by atoms with Gasteiger partial charge in [-0.2, -0.15) is 9.36 Å². The first-order valence-corrected chi connectivity index (χ1v) is 14.9. The molecule has 0 atom stereocenters. The molecule has 3 N–H and O–H groups in total. The number of carbonyl (C=O) groups is 1. The zero-order chi connectivity index (χ0) is 36.2. The number of aromatic nitrogens is 8. The number of tetrazole rings is 2. The Kier molecular flexibility index (Phi) is 7.80. The van der Waals surface area contributed by atoms with Gasteiger partial charge in [-0.3, -0.25) is 25.0 Å². The Bertz CT molecular complexity index is 2170. The Hall–Kier alpha value is -6.73. The van der Waals surface area contributed by atoms with Crippen LogP contribution in [0.25, 0.3) is 11.4 Å². The van der Waals surface area contributed by atoms with E-state index in [9.17, 15) is 25.0 Å². The topological polar surface area (TPSA) is 256 Å². The predicted molar refractivity (Wildman–Crippen MR) is 173 cm³/mol. The molecule has 0 saturated carbocycles.